The largest absolute Gasteiger partial charge is 0.493 e. The molecule has 1 saturated heterocycles. The van der Waals surface area contributed by atoms with Crippen molar-refractivity contribution in [2.75, 3.05) is 55.7 Å². The van der Waals surface area contributed by atoms with E-state index in [9.17, 15) is 4.79 Å². The minimum atomic E-state index is -0.484. The number of rotatable bonds is 7. The number of aryl methyl sites for hydroxylation is 1. The van der Waals surface area contributed by atoms with Crippen LogP contribution in [0.4, 0.5) is 16.4 Å². The summed E-state index contributed by atoms with van der Waals surface area (Å²) >= 11 is 3.47. The van der Waals surface area contributed by atoms with E-state index in [1.54, 1.807) is 0 Å². The van der Waals surface area contributed by atoms with Gasteiger partial charge in [-0.2, -0.15) is 0 Å². The van der Waals surface area contributed by atoms with Crippen LogP contribution in [0.5, 0.6) is 5.75 Å². The van der Waals surface area contributed by atoms with E-state index in [2.05, 4.69) is 43.9 Å². The summed E-state index contributed by atoms with van der Waals surface area (Å²) in [4.78, 5) is 18.6. The van der Waals surface area contributed by atoms with Crippen LogP contribution in [0.25, 0.3) is 11.0 Å². The first-order chi connectivity index (χ1) is 16.6. The molecule has 0 unspecified atom stereocenters. The Bertz CT molecular complexity index is 1160. The number of piperazine rings is 1. The maximum atomic E-state index is 12.1. The molecule has 0 atom stereocenters. The van der Waals surface area contributed by atoms with E-state index in [1.807, 2.05) is 24.3 Å². The fourth-order valence-corrected chi connectivity index (χ4v) is 5.22. The second kappa shape index (κ2) is 10.3. The number of primary amides is 1. The van der Waals surface area contributed by atoms with Gasteiger partial charge in [0.15, 0.2) is 0 Å². The van der Waals surface area contributed by atoms with Crippen LogP contribution < -0.4 is 20.3 Å². The van der Waals surface area contributed by atoms with Crippen molar-refractivity contribution in [3.8, 4) is 5.75 Å². The molecule has 3 aromatic rings. The number of fused-ring (bicyclic) bond motifs is 2. The van der Waals surface area contributed by atoms with Crippen LogP contribution in [0.1, 0.15) is 24.8 Å². The van der Waals surface area contributed by atoms with Gasteiger partial charge < -0.3 is 19.8 Å². The molecule has 2 N–H and O–H groups in total. The Labute approximate surface area is 208 Å². The molecule has 3 heterocycles. The summed E-state index contributed by atoms with van der Waals surface area (Å²) in [6.45, 7) is 6.55. The molecule has 0 bridgehead atoms. The summed E-state index contributed by atoms with van der Waals surface area (Å²) < 4.78 is 12.6. The minimum absolute atomic E-state index is 0.484. The zero-order valence-corrected chi connectivity index (χ0v) is 20.9. The number of halogens is 1. The average Bonchev–Trinajstić information content (AvgIpc) is 3.26. The molecule has 2 aliphatic rings. The Kier molecular flexibility index (Phi) is 6.97. The number of amides is 2. The molecule has 180 valence electrons. The Morgan fingerprint density at radius 2 is 1.91 bits per heavy atom. The molecule has 0 radical (unpaired) electrons. The van der Waals surface area contributed by atoms with E-state index in [-0.39, 0.29) is 0 Å². The highest BCUT2D eigenvalue weighted by atomic mass is 79.9. The van der Waals surface area contributed by atoms with Crippen molar-refractivity contribution in [3.05, 3.63) is 52.5 Å². The second-order valence-corrected chi connectivity index (χ2v) is 9.95. The van der Waals surface area contributed by atoms with Crippen molar-refractivity contribution in [2.24, 2.45) is 5.73 Å². The molecule has 0 saturated carbocycles. The first kappa shape index (κ1) is 23.1. The highest BCUT2D eigenvalue weighted by Crippen LogP contribution is 2.30. The third-order valence-corrected chi connectivity index (χ3v) is 7.23. The van der Waals surface area contributed by atoms with Crippen molar-refractivity contribution in [1.82, 2.24) is 4.90 Å². The van der Waals surface area contributed by atoms with Crippen molar-refractivity contribution >= 4 is 44.5 Å². The molecule has 0 aliphatic carbocycles. The van der Waals surface area contributed by atoms with Gasteiger partial charge in [-0.15, -0.1) is 0 Å². The van der Waals surface area contributed by atoms with Crippen LogP contribution in [-0.2, 0) is 6.42 Å². The maximum absolute atomic E-state index is 12.1. The van der Waals surface area contributed by atoms with Crippen molar-refractivity contribution < 1.29 is 13.9 Å². The Morgan fingerprint density at radius 1 is 1.06 bits per heavy atom. The van der Waals surface area contributed by atoms with Gasteiger partial charge in [-0.1, -0.05) is 15.9 Å². The number of carbonyl (C=O) groups excluding carboxylic acids is 1. The third kappa shape index (κ3) is 5.18. The van der Waals surface area contributed by atoms with Crippen LogP contribution >= 0.6 is 15.9 Å². The first-order valence-electron chi connectivity index (χ1n) is 12.1. The monoisotopic (exact) mass is 526 g/mol. The standard InChI is InChI=1S/C26H31BrN4O3/c27-21-5-7-24-20(16-21)18-25(34-24)31(26(28)32)10-2-1-9-29-11-13-30(14-12-29)22-6-8-23-19(17-22)4-3-15-33-23/h5-8,16-18H,1-4,9-15H2,(H2,28,32). The summed E-state index contributed by atoms with van der Waals surface area (Å²) in [5.41, 5.74) is 9.04. The van der Waals surface area contributed by atoms with Gasteiger partial charge in [0.05, 0.1) is 6.61 Å². The average molecular weight is 527 g/mol. The van der Waals surface area contributed by atoms with E-state index in [4.69, 9.17) is 14.9 Å². The predicted molar refractivity (Wildman–Crippen MR) is 139 cm³/mol. The molecule has 7 nitrogen and oxygen atoms in total. The zero-order valence-electron chi connectivity index (χ0n) is 19.3. The summed E-state index contributed by atoms with van der Waals surface area (Å²) in [6.07, 6.45) is 4.09. The molecular formula is C26H31BrN4O3. The number of hydrogen-bond donors (Lipinski definition) is 1. The SMILES string of the molecule is NC(=O)N(CCCCN1CCN(c2ccc3c(c2)CCCO3)CC1)c1cc2cc(Br)ccc2o1. The van der Waals surface area contributed by atoms with Gasteiger partial charge in [0.25, 0.3) is 0 Å². The molecule has 2 aromatic carbocycles. The normalized spacial score (nSPS) is 16.3. The molecule has 5 rings (SSSR count). The van der Waals surface area contributed by atoms with E-state index in [0.717, 1.165) is 86.2 Å². The number of hydrogen-bond acceptors (Lipinski definition) is 5. The van der Waals surface area contributed by atoms with Crippen molar-refractivity contribution in [3.63, 3.8) is 0 Å². The number of benzene rings is 2. The number of carbonyl (C=O) groups is 1. The zero-order chi connectivity index (χ0) is 23.5. The van der Waals surface area contributed by atoms with Gasteiger partial charge in [-0.25, -0.2) is 4.79 Å². The number of anilines is 2. The molecule has 34 heavy (non-hydrogen) atoms. The lowest BCUT2D eigenvalue weighted by Crippen LogP contribution is -2.46. The van der Waals surface area contributed by atoms with Crippen LogP contribution in [0, 0.1) is 0 Å². The quantitative estimate of drug-likeness (QED) is 0.438. The smallest absolute Gasteiger partial charge is 0.321 e. The molecule has 8 heteroatoms. The minimum Gasteiger partial charge on any atom is -0.493 e. The summed E-state index contributed by atoms with van der Waals surface area (Å²) in [7, 11) is 0. The van der Waals surface area contributed by atoms with Gasteiger partial charge in [0.2, 0.25) is 5.88 Å². The predicted octanol–water partition coefficient (Wildman–Crippen LogP) is 5.01. The Balaban J connectivity index is 1.09. The number of ether oxygens (including phenoxy) is 1. The number of nitrogens with two attached hydrogens (primary N) is 1. The molecule has 0 spiro atoms. The van der Waals surface area contributed by atoms with Gasteiger partial charge in [-0.3, -0.25) is 9.80 Å². The Morgan fingerprint density at radius 3 is 2.74 bits per heavy atom. The lowest BCUT2D eigenvalue weighted by atomic mass is 10.0. The highest BCUT2D eigenvalue weighted by Gasteiger charge is 2.20. The molecule has 1 fully saturated rings. The third-order valence-electron chi connectivity index (χ3n) is 6.73. The first-order valence-corrected chi connectivity index (χ1v) is 12.9. The Hall–Kier alpha value is -2.71. The number of nitrogens with zero attached hydrogens (tertiary/aromatic N) is 3. The van der Waals surface area contributed by atoms with E-state index < -0.39 is 6.03 Å². The van der Waals surface area contributed by atoms with Gasteiger partial charge in [0.1, 0.15) is 11.3 Å². The maximum Gasteiger partial charge on any atom is 0.321 e. The summed E-state index contributed by atoms with van der Waals surface area (Å²) in [5, 5.41) is 0.944. The lowest BCUT2D eigenvalue weighted by Gasteiger charge is -2.36. The molecule has 2 aliphatic heterocycles. The van der Waals surface area contributed by atoms with Crippen LogP contribution in [-0.4, -0.2) is 56.8 Å². The van der Waals surface area contributed by atoms with Crippen LogP contribution in [0.3, 0.4) is 0 Å². The molecular weight excluding hydrogens is 496 g/mol. The summed E-state index contributed by atoms with van der Waals surface area (Å²) in [5.74, 6) is 1.55. The molecule has 1 aromatic heterocycles. The number of furan rings is 1. The van der Waals surface area contributed by atoms with Gasteiger partial charge >= 0.3 is 6.03 Å². The van der Waals surface area contributed by atoms with E-state index in [0.29, 0.717) is 12.4 Å². The van der Waals surface area contributed by atoms with Crippen molar-refractivity contribution in [1.29, 1.82) is 0 Å². The number of unbranched alkanes of at least 4 members (excludes halogenated alkanes) is 1. The van der Waals surface area contributed by atoms with Crippen LogP contribution in [0.2, 0.25) is 0 Å². The fourth-order valence-electron chi connectivity index (χ4n) is 4.84. The lowest BCUT2D eigenvalue weighted by molar-refractivity contribution is 0.248. The van der Waals surface area contributed by atoms with E-state index in [1.165, 1.54) is 16.2 Å². The molecule has 2 amide bonds. The second-order valence-electron chi connectivity index (χ2n) is 9.04. The fraction of sp³-hybridized carbons (Fsp3) is 0.423. The highest BCUT2D eigenvalue weighted by molar-refractivity contribution is 9.10. The van der Waals surface area contributed by atoms with E-state index >= 15 is 0 Å². The van der Waals surface area contributed by atoms with Crippen molar-refractivity contribution in [2.45, 2.75) is 25.7 Å². The number of urea groups is 1. The van der Waals surface area contributed by atoms with Crippen LogP contribution in [0.15, 0.2) is 51.4 Å². The summed E-state index contributed by atoms with van der Waals surface area (Å²) in [6, 6.07) is 13.8. The topological polar surface area (TPSA) is 75.2 Å². The van der Waals surface area contributed by atoms with Gasteiger partial charge in [-0.05, 0) is 74.2 Å². The van der Waals surface area contributed by atoms with Gasteiger partial charge in [0, 0.05) is 54.3 Å².